The van der Waals surface area contributed by atoms with Crippen molar-refractivity contribution in [3.05, 3.63) is 193 Å². The van der Waals surface area contributed by atoms with Crippen LogP contribution in [0.4, 0.5) is 0 Å². The Morgan fingerprint density at radius 3 is 1.43 bits per heavy atom. The van der Waals surface area contributed by atoms with Crippen molar-refractivity contribution in [2.24, 2.45) is 0 Å². The van der Waals surface area contributed by atoms with Gasteiger partial charge >= 0.3 is 0 Å². The zero-order valence-corrected chi connectivity index (χ0v) is 28.7. The molecule has 0 saturated heterocycles. The molecule has 0 fully saturated rings. The monoisotopic (exact) mass is 652 g/mol. The number of benzene rings is 7. The molecule has 2 heteroatoms. The number of fused-ring (bicyclic) bond motifs is 3. The first-order chi connectivity index (χ1) is 25.0. The Kier molecular flexibility index (Phi) is 7.51. The lowest BCUT2D eigenvalue weighted by Gasteiger charge is -2.21. The lowest BCUT2D eigenvalue weighted by molar-refractivity contribution is 0.660. The molecule has 1 aromatic heterocycles. The summed E-state index contributed by atoms with van der Waals surface area (Å²) in [5.74, 6) is 0.718. The van der Waals surface area contributed by atoms with E-state index in [1.54, 1.807) is 0 Å². The molecule has 0 amide bonds. The summed E-state index contributed by atoms with van der Waals surface area (Å²) >= 11 is 0. The maximum absolute atomic E-state index is 5.07. The standard InChI is InChI=1S/C49H36N2/c1-49(2)43-27-10-9-25-42(43)47-41(26-14-28-44(47)49)39-23-12-21-37(30-39)35-19-11-20-36(29-35)38-22-13-24-40(31-38)46-32-45(33-15-5-3-6-16-33)50-48(51-46)34-17-7-4-8-18-34/h3-32H,1-2H3. The lowest BCUT2D eigenvalue weighted by atomic mass is 9.82. The smallest absolute Gasteiger partial charge is 0.160 e. The number of nitrogens with zero attached hydrogens (tertiary/aromatic N) is 2. The maximum atomic E-state index is 5.07. The van der Waals surface area contributed by atoms with Crippen LogP contribution in [0.1, 0.15) is 25.0 Å². The third-order valence-electron chi connectivity index (χ3n) is 10.3. The summed E-state index contributed by atoms with van der Waals surface area (Å²) in [6.07, 6.45) is 0. The third-order valence-corrected chi connectivity index (χ3v) is 10.3. The molecule has 1 aliphatic carbocycles. The molecule has 0 unspecified atom stereocenters. The van der Waals surface area contributed by atoms with E-state index in [2.05, 4.69) is 172 Å². The van der Waals surface area contributed by atoms with Crippen LogP contribution in [0.2, 0.25) is 0 Å². The van der Waals surface area contributed by atoms with Crippen LogP contribution in [0.25, 0.3) is 78.4 Å². The fourth-order valence-corrected chi connectivity index (χ4v) is 7.67. The molecule has 8 aromatic rings. The van der Waals surface area contributed by atoms with E-state index >= 15 is 0 Å². The number of aromatic nitrogens is 2. The van der Waals surface area contributed by atoms with Crippen molar-refractivity contribution in [1.29, 1.82) is 0 Å². The Morgan fingerprint density at radius 1 is 0.333 bits per heavy atom. The lowest BCUT2D eigenvalue weighted by Crippen LogP contribution is -2.14. The van der Waals surface area contributed by atoms with Crippen LogP contribution in [0.5, 0.6) is 0 Å². The molecular weight excluding hydrogens is 617 g/mol. The number of hydrogen-bond acceptors (Lipinski definition) is 2. The molecule has 0 radical (unpaired) electrons. The fourth-order valence-electron chi connectivity index (χ4n) is 7.67. The molecule has 51 heavy (non-hydrogen) atoms. The summed E-state index contributed by atoms with van der Waals surface area (Å²) in [6.45, 7) is 4.68. The first-order valence-electron chi connectivity index (χ1n) is 17.6. The van der Waals surface area contributed by atoms with Crippen LogP contribution in [0.3, 0.4) is 0 Å². The molecule has 0 bridgehead atoms. The molecular formula is C49H36N2. The van der Waals surface area contributed by atoms with Gasteiger partial charge in [0.1, 0.15) is 0 Å². The van der Waals surface area contributed by atoms with Crippen LogP contribution in [0, 0.1) is 0 Å². The van der Waals surface area contributed by atoms with Crippen LogP contribution in [-0.2, 0) is 5.41 Å². The molecule has 0 saturated carbocycles. The average Bonchev–Trinajstić information content (AvgIpc) is 3.44. The van der Waals surface area contributed by atoms with E-state index in [-0.39, 0.29) is 5.41 Å². The summed E-state index contributed by atoms with van der Waals surface area (Å²) in [7, 11) is 0. The Bertz CT molecular complexity index is 2490. The van der Waals surface area contributed by atoms with E-state index in [1.807, 2.05) is 24.3 Å². The van der Waals surface area contributed by atoms with Crippen molar-refractivity contribution < 1.29 is 0 Å². The van der Waals surface area contributed by atoms with E-state index in [4.69, 9.17) is 9.97 Å². The Morgan fingerprint density at radius 2 is 0.765 bits per heavy atom. The van der Waals surface area contributed by atoms with Crippen molar-refractivity contribution in [3.8, 4) is 78.4 Å². The van der Waals surface area contributed by atoms with E-state index in [9.17, 15) is 0 Å². The molecule has 0 N–H and O–H groups in total. The molecule has 0 spiro atoms. The van der Waals surface area contributed by atoms with Gasteiger partial charge < -0.3 is 0 Å². The maximum Gasteiger partial charge on any atom is 0.160 e. The SMILES string of the molecule is CC1(C)c2ccccc2-c2c(-c3cccc(-c4cccc(-c5cccc(-c6cc(-c7ccccc7)nc(-c7ccccc7)n6)c5)c4)c3)cccc21. The first-order valence-corrected chi connectivity index (χ1v) is 17.6. The van der Waals surface area contributed by atoms with Crippen molar-refractivity contribution in [1.82, 2.24) is 9.97 Å². The largest absolute Gasteiger partial charge is 0.228 e. The number of rotatable bonds is 6. The molecule has 1 heterocycles. The summed E-state index contributed by atoms with van der Waals surface area (Å²) in [4.78, 5) is 10.1. The average molecular weight is 653 g/mol. The topological polar surface area (TPSA) is 25.8 Å². The van der Waals surface area contributed by atoms with Gasteiger partial charge in [-0.15, -0.1) is 0 Å². The van der Waals surface area contributed by atoms with Crippen molar-refractivity contribution >= 4 is 0 Å². The second kappa shape index (κ2) is 12.5. The van der Waals surface area contributed by atoms with Crippen molar-refractivity contribution in [2.45, 2.75) is 19.3 Å². The van der Waals surface area contributed by atoms with Gasteiger partial charge in [0.2, 0.25) is 0 Å². The van der Waals surface area contributed by atoms with Crippen LogP contribution < -0.4 is 0 Å². The molecule has 7 aromatic carbocycles. The highest BCUT2D eigenvalue weighted by molar-refractivity contribution is 5.93. The zero-order chi connectivity index (χ0) is 34.4. The van der Waals surface area contributed by atoms with Gasteiger partial charge in [0, 0.05) is 22.1 Å². The minimum absolute atomic E-state index is 0.0274. The fraction of sp³-hybridized carbons (Fsp3) is 0.0612. The molecule has 1 aliphatic rings. The van der Waals surface area contributed by atoms with Gasteiger partial charge in [-0.25, -0.2) is 9.97 Å². The van der Waals surface area contributed by atoms with Gasteiger partial charge in [-0.2, -0.15) is 0 Å². The second-order valence-electron chi connectivity index (χ2n) is 13.8. The Labute approximate surface area is 299 Å². The van der Waals surface area contributed by atoms with Crippen LogP contribution in [0.15, 0.2) is 182 Å². The number of hydrogen-bond donors (Lipinski definition) is 0. The van der Waals surface area contributed by atoms with E-state index < -0.39 is 0 Å². The molecule has 0 aliphatic heterocycles. The van der Waals surface area contributed by atoms with Gasteiger partial charge in [0.25, 0.3) is 0 Å². The predicted octanol–water partition coefficient (Wildman–Crippen LogP) is 12.8. The second-order valence-corrected chi connectivity index (χ2v) is 13.8. The van der Waals surface area contributed by atoms with E-state index in [0.717, 1.165) is 45.0 Å². The summed E-state index contributed by atoms with van der Waals surface area (Å²) in [5.41, 5.74) is 17.6. The molecule has 242 valence electrons. The Balaban J connectivity index is 1.09. The minimum atomic E-state index is -0.0274. The van der Waals surface area contributed by atoms with Gasteiger partial charge in [-0.1, -0.05) is 172 Å². The zero-order valence-electron chi connectivity index (χ0n) is 28.7. The van der Waals surface area contributed by atoms with Crippen molar-refractivity contribution in [3.63, 3.8) is 0 Å². The van der Waals surface area contributed by atoms with Gasteiger partial charge in [-0.3, -0.25) is 0 Å². The first kappa shape index (κ1) is 30.7. The highest BCUT2D eigenvalue weighted by atomic mass is 14.9. The van der Waals surface area contributed by atoms with Gasteiger partial charge in [-0.05, 0) is 79.9 Å². The predicted molar refractivity (Wildman–Crippen MR) is 212 cm³/mol. The molecule has 9 rings (SSSR count). The summed E-state index contributed by atoms with van der Waals surface area (Å²) < 4.78 is 0. The Hall–Kier alpha value is -6.38. The van der Waals surface area contributed by atoms with E-state index in [0.29, 0.717) is 0 Å². The highest BCUT2D eigenvalue weighted by Gasteiger charge is 2.36. The van der Waals surface area contributed by atoms with Crippen molar-refractivity contribution in [2.75, 3.05) is 0 Å². The quantitative estimate of drug-likeness (QED) is 0.179. The molecule has 2 nitrogen and oxygen atoms in total. The van der Waals surface area contributed by atoms with Gasteiger partial charge in [0.05, 0.1) is 11.4 Å². The van der Waals surface area contributed by atoms with E-state index in [1.165, 1.54) is 44.5 Å². The molecule has 0 atom stereocenters. The van der Waals surface area contributed by atoms with Gasteiger partial charge in [0.15, 0.2) is 5.82 Å². The van der Waals surface area contributed by atoms with Crippen LogP contribution >= 0.6 is 0 Å². The minimum Gasteiger partial charge on any atom is -0.228 e. The van der Waals surface area contributed by atoms with Crippen LogP contribution in [-0.4, -0.2) is 9.97 Å². The summed E-state index contributed by atoms with van der Waals surface area (Å²) in [6, 6.07) is 64.9. The normalized spacial score (nSPS) is 12.7. The third kappa shape index (κ3) is 5.56. The highest BCUT2D eigenvalue weighted by Crippen LogP contribution is 2.52. The summed E-state index contributed by atoms with van der Waals surface area (Å²) in [5, 5.41) is 0.